The topological polar surface area (TPSA) is 110 Å². The molecule has 1 saturated heterocycles. The van der Waals surface area contributed by atoms with Crippen molar-refractivity contribution >= 4 is 28.5 Å². The van der Waals surface area contributed by atoms with Crippen molar-refractivity contribution in [2.24, 2.45) is 0 Å². The van der Waals surface area contributed by atoms with Gasteiger partial charge in [0.1, 0.15) is 5.65 Å². The molecule has 1 fully saturated rings. The highest BCUT2D eigenvalue weighted by molar-refractivity contribution is 6.31. The third kappa shape index (κ3) is 4.48. The summed E-state index contributed by atoms with van der Waals surface area (Å²) in [5, 5.41) is 23.1. The van der Waals surface area contributed by atoms with Crippen LogP contribution in [0, 0.1) is 5.82 Å². The molecule has 1 aliphatic rings. The van der Waals surface area contributed by atoms with Gasteiger partial charge in [-0.3, -0.25) is 4.90 Å². The number of aromatic amines is 1. The SMILES string of the molecule is OCC(O)CN1CCC[C@H](Nc2nc(-c3c[nH]c4ncc(Cl)cc34)ncc2F)C1. The smallest absolute Gasteiger partial charge is 0.183 e. The van der Waals surface area contributed by atoms with Crippen LogP contribution >= 0.6 is 11.6 Å². The summed E-state index contributed by atoms with van der Waals surface area (Å²) >= 11 is 6.05. The molecule has 10 heteroatoms. The van der Waals surface area contributed by atoms with Crippen LogP contribution in [0.15, 0.2) is 24.7 Å². The number of hydrogen-bond acceptors (Lipinski definition) is 7. The van der Waals surface area contributed by atoms with E-state index in [0.29, 0.717) is 35.1 Å². The summed E-state index contributed by atoms with van der Waals surface area (Å²) in [6, 6.07) is 1.74. The second-order valence-electron chi connectivity index (χ2n) is 7.22. The van der Waals surface area contributed by atoms with Crippen molar-refractivity contribution < 1.29 is 14.6 Å². The highest BCUT2D eigenvalue weighted by Gasteiger charge is 2.23. The number of aliphatic hydroxyl groups excluding tert-OH is 2. The normalized spacial score (nSPS) is 18.8. The van der Waals surface area contributed by atoms with Gasteiger partial charge in [0.05, 0.1) is 23.9 Å². The van der Waals surface area contributed by atoms with Crippen molar-refractivity contribution in [1.29, 1.82) is 0 Å². The summed E-state index contributed by atoms with van der Waals surface area (Å²) in [6.45, 7) is 1.57. The second kappa shape index (κ2) is 8.58. The van der Waals surface area contributed by atoms with Gasteiger partial charge in [0.2, 0.25) is 0 Å². The number of β-amino-alcohol motifs (C(OH)–C–C–N with tert-alkyl or cyclic N) is 1. The fourth-order valence-electron chi connectivity index (χ4n) is 3.65. The number of aliphatic hydroxyl groups is 2. The van der Waals surface area contributed by atoms with Crippen LogP contribution in [0.5, 0.6) is 0 Å². The first kappa shape index (κ1) is 20.0. The van der Waals surface area contributed by atoms with Gasteiger partial charge in [0.25, 0.3) is 0 Å². The van der Waals surface area contributed by atoms with Gasteiger partial charge in [0, 0.05) is 42.5 Å². The highest BCUT2D eigenvalue weighted by Crippen LogP contribution is 2.28. The lowest BCUT2D eigenvalue weighted by atomic mass is 10.1. The number of nitrogens with one attached hydrogen (secondary N) is 2. The lowest BCUT2D eigenvalue weighted by Crippen LogP contribution is -2.45. The van der Waals surface area contributed by atoms with E-state index in [1.807, 2.05) is 0 Å². The molecule has 2 atom stereocenters. The molecule has 0 bridgehead atoms. The quantitative estimate of drug-likeness (QED) is 0.483. The van der Waals surface area contributed by atoms with Crippen LogP contribution in [0.3, 0.4) is 0 Å². The van der Waals surface area contributed by atoms with Crippen LogP contribution in [-0.4, -0.2) is 73.4 Å². The van der Waals surface area contributed by atoms with E-state index in [1.165, 1.54) is 0 Å². The summed E-state index contributed by atoms with van der Waals surface area (Å²) in [6.07, 6.45) is 5.41. The predicted molar refractivity (Wildman–Crippen MR) is 108 cm³/mol. The van der Waals surface area contributed by atoms with Crippen LogP contribution in [0.1, 0.15) is 12.8 Å². The molecule has 4 N–H and O–H groups in total. The Bertz CT molecular complexity index is 1000. The molecule has 4 heterocycles. The van der Waals surface area contributed by atoms with Crippen LogP contribution < -0.4 is 5.32 Å². The molecule has 29 heavy (non-hydrogen) atoms. The number of rotatable bonds is 6. The molecule has 3 aromatic rings. The Labute approximate surface area is 171 Å². The fraction of sp³-hybridized carbons (Fsp3) is 0.421. The number of likely N-dealkylation sites (tertiary alicyclic amines) is 1. The van der Waals surface area contributed by atoms with Crippen molar-refractivity contribution in [2.45, 2.75) is 25.0 Å². The average molecular weight is 421 g/mol. The summed E-state index contributed by atoms with van der Waals surface area (Å²) in [4.78, 5) is 17.8. The number of aromatic nitrogens is 4. The highest BCUT2D eigenvalue weighted by atomic mass is 35.5. The minimum absolute atomic E-state index is 0.0222. The molecule has 0 amide bonds. The van der Waals surface area contributed by atoms with Gasteiger partial charge in [-0.05, 0) is 25.5 Å². The van der Waals surface area contributed by atoms with E-state index in [9.17, 15) is 9.50 Å². The molecule has 4 rings (SSSR count). The largest absolute Gasteiger partial charge is 0.394 e. The molecule has 0 aliphatic carbocycles. The van der Waals surface area contributed by atoms with Crippen molar-refractivity contribution in [1.82, 2.24) is 24.8 Å². The predicted octanol–water partition coefficient (Wildman–Crippen LogP) is 2.04. The third-order valence-electron chi connectivity index (χ3n) is 5.01. The third-order valence-corrected chi connectivity index (χ3v) is 5.22. The number of halogens is 2. The molecule has 0 saturated carbocycles. The number of H-pyrrole nitrogens is 1. The number of hydrogen-bond donors (Lipinski definition) is 4. The first-order valence-corrected chi connectivity index (χ1v) is 9.84. The van der Waals surface area contributed by atoms with Gasteiger partial charge in [-0.1, -0.05) is 11.6 Å². The number of piperidine rings is 1. The number of pyridine rings is 1. The summed E-state index contributed by atoms with van der Waals surface area (Å²) in [5.41, 5.74) is 1.34. The Morgan fingerprint density at radius 1 is 1.38 bits per heavy atom. The van der Waals surface area contributed by atoms with Gasteiger partial charge in [-0.25, -0.2) is 19.3 Å². The Balaban J connectivity index is 1.55. The van der Waals surface area contributed by atoms with Crippen LogP contribution in [0.25, 0.3) is 22.4 Å². The Kier molecular flexibility index (Phi) is 5.91. The summed E-state index contributed by atoms with van der Waals surface area (Å²) in [5.74, 6) is -0.0289. The summed E-state index contributed by atoms with van der Waals surface area (Å²) in [7, 11) is 0. The Hall–Kier alpha value is -2.33. The lowest BCUT2D eigenvalue weighted by Gasteiger charge is -2.34. The molecule has 0 aromatic carbocycles. The molecule has 1 unspecified atom stereocenters. The maximum Gasteiger partial charge on any atom is 0.183 e. The minimum Gasteiger partial charge on any atom is -0.394 e. The van der Waals surface area contributed by atoms with E-state index >= 15 is 0 Å². The zero-order valence-electron chi connectivity index (χ0n) is 15.6. The average Bonchev–Trinajstić information content (AvgIpc) is 3.13. The number of nitrogens with zero attached hydrogens (tertiary/aromatic N) is 4. The van der Waals surface area contributed by atoms with Gasteiger partial charge in [0.15, 0.2) is 17.5 Å². The van der Waals surface area contributed by atoms with Gasteiger partial charge >= 0.3 is 0 Å². The van der Waals surface area contributed by atoms with E-state index in [-0.39, 0.29) is 18.5 Å². The fourth-order valence-corrected chi connectivity index (χ4v) is 3.81. The molecule has 8 nitrogen and oxygen atoms in total. The van der Waals surface area contributed by atoms with E-state index in [1.54, 1.807) is 18.5 Å². The maximum atomic E-state index is 14.4. The van der Waals surface area contributed by atoms with Crippen molar-refractivity contribution in [3.05, 3.63) is 35.5 Å². The zero-order valence-corrected chi connectivity index (χ0v) is 16.4. The van der Waals surface area contributed by atoms with Crippen molar-refractivity contribution in [2.75, 3.05) is 31.6 Å². The standard InChI is InChI=1S/C19H22ClFN6O2/c20-11-4-14-15(6-23-17(14)22-5-11)18-24-7-16(21)19(26-18)25-12-2-1-3-27(8-12)9-13(29)10-28/h4-7,12-13,28-29H,1-3,8-10H2,(H,22,23)(H,24,25,26)/t12-,13?/m0/s1. The van der Waals surface area contributed by atoms with E-state index < -0.39 is 11.9 Å². The maximum absolute atomic E-state index is 14.4. The van der Waals surface area contributed by atoms with Crippen LogP contribution in [0.2, 0.25) is 5.02 Å². The molecular formula is C19H22ClFN6O2. The van der Waals surface area contributed by atoms with E-state index in [4.69, 9.17) is 16.7 Å². The molecule has 3 aromatic heterocycles. The summed E-state index contributed by atoms with van der Waals surface area (Å²) < 4.78 is 14.4. The van der Waals surface area contributed by atoms with Crippen molar-refractivity contribution in [3.8, 4) is 11.4 Å². The van der Waals surface area contributed by atoms with Gasteiger partial charge in [-0.2, -0.15) is 0 Å². The molecule has 154 valence electrons. The van der Waals surface area contributed by atoms with Crippen LogP contribution in [-0.2, 0) is 0 Å². The first-order chi connectivity index (χ1) is 14.0. The first-order valence-electron chi connectivity index (χ1n) is 9.47. The monoisotopic (exact) mass is 420 g/mol. The van der Waals surface area contributed by atoms with E-state index in [2.05, 4.69) is 30.2 Å². The number of fused-ring (bicyclic) bond motifs is 1. The molecule has 0 radical (unpaired) electrons. The minimum atomic E-state index is -0.779. The van der Waals surface area contributed by atoms with Crippen LogP contribution in [0.4, 0.5) is 10.2 Å². The van der Waals surface area contributed by atoms with E-state index in [0.717, 1.165) is 31.0 Å². The second-order valence-corrected chi connectivity index (χ2v) is 7.66. The Morgan fingerprint density at radius 3 is 3.07 bits per heavy atom. The zero-order chi connectivity index (χ0) is 20.4. The Morgan fingerprint density at radius 2 is 2.24 bits per heavy atom. The van der Waals surface area contributed by atoms with Gasteiger partial charge in [-0.15, -0.1) is 0 Å². The molecular weight excluding hydrogens is 399 g/mol. The molecule has 0 spiro atoms. The lowest BCUT2D eigenvalue weighted by molar-refractivity contribution is 0.0517. The molecule has 1 aliphatic heterocycles. The number of anilines is 1. The van der Waals surface area contributed by atoms with Crippen molar-refractivity contribution in [3.63, 3.8) is 0 Å². The van der Waals surface area contributed by atoms with Gasteiger partial charge < -0.3 is 20.5 Å².